The molecular formula is C12H15BrO3. The fourth-order valence-electron chi connectivity index (χ4n) is 1.42. The molecule has 0 heterocycles. The highest BCUT2D eigenvalue weighted by Gasteiger charge is 2.06. The second kappa shape index (κ2) is 7.41. The number of rotatable bonds is 6. The van der Waals surface area contributed by atoms with Crippen molar-refractivity contribution >= 4 is 22.2 Å². The standard InChI is InChI=1S/C12H15BrO3/c1-2-15-8-4-6-10-5-3-7-11(9-10)12(14)16-13/h3,5,7,9H,2,4,6,8H2,1H3. The maximum atomic E-state index is 11.2. The molecule has 0 aromatic heterocycles. The molecule has 1 aromatic carbocycles. The molecule has 0 spiro atoms. The first-order valence-corrected chi connectivity index (χ1v) is 5.92. The number of ether oxygens (including phenoxy) is 1. The van der Waals surface area contributed by atoms with E-state index in [1.54, 1.807) is 6.07 Å². The molecule has 88 valence electrons. The summed E-state index contributed by atoms with van der Waals surface area (Å²) in [6.45, 7) is 3.48. The number of carbonyl (C=O) groups excluding carboxylic acids is 1. The van der Waals surface area contributed by atoms with Gasteiger partial charge in [0.2, 0.25) is 0 Å². The van der Waals surface area contributed by atoms with Crippen LogP contribution in [0, 0.1) is 0 Å². The number of aryl methyl sites for hydroxylation is 1. The predicted molar refractivity (Wildman–Crippen MR) is 65.6 cm³/mol. The molecule has 0 unspecified atom stereocenters. The van der Waals surface area contributed by atoms with Crippen LogP contribution in [0.1, 0.15) is 29.3 Å². The van der Waals surface area contributed by atoms with E-state index in [1.807, 2.05) is 25.1 Å². The quantitative estimate of drug-likeness (QED) is 0.754. The van der Waals surface area contributed by atoms with Crippen molar-refractivity contribution in [1.82, 2.24) is 0 Å². The van der Waals surface area contributed by atoms with Crippen LogP contribution in [-0.2, 0) is 15.0 Å². The van der Waals surface area contributed by atoms with Crippen molar-refractivity contribution in [1.29, 1.82) is 0 Å². The lowest BCUT2D eigenvalue weighted by Gasteiger charge is -2.03. The van der Waals surface area contributed by atoms with Gasteiger partial charge in [0, 0.05) is 13.2 Å². The fraction of sp³-hybridized carbons (Fsp3) is 0.417. The Morgan fingerprint density at radius 2 is 2.25 bits per heavy atom. The molecule has 0 N–H and O–H groups in total. The molecule has 1 aromatic rings. The smallest absolute Gasteiger partial charge is 0.349 e. The minimum atomic E-state index is -0.369. The van der Waals surface area contributed by atoms with E-state index in [9.17, 15) is 4.79 Å². The second-order valence-electron chi connectivity index (χ2n) is 3.37. The van der Waals surface area contributed by atoms with Crippen LogP contribution in [0.2, 0.25) is 0 Å². The van der Waals surface area contributed by atoms with E-state index < -0.39 is 0 Å². The molecule has 0 bridgehead atoms. The Balaban J connectivity index is 2.50. The van der Waals surface area contributed by atoms with Crippen molar-refractivity contribution in [3.63, 3.8) is 0 Å². The predicted octanol–water partition coefficient (Wildman–Crippen LogP) is 3.12. The third-order valence-electron chi connectivity index (χ3n) is 2.19. The fourth-order valence-corrected chi connectivity index (χ4v) is 1.61. The van der Waals surface area contributed by atoms with E-state index in [2.05, 4.69) is 20.1 Å². The highest BCUT2D eigenvalue weighted by molar-refractivity contribution is 9.06. The van der Waals surface area contributed by atoms with Crippen LogP contribution in [0.25, 0.3) is 0 Å². The Morgan fingerprint density at radius 3 is 2.94 bits per heavy atom. The molecular weight excluding hydrogens is 272 g/mol. The summed E-state index contributed by atoms with van der Waals surface area (Å²) in [7, 11) is 0. The zero-order valence-electron chi connectivity index (χ0n) is 9.24. The van der Waals surface area contributed by atoms with Gasteiger partial charge in [0.05, 0.1) is 5.56 Å². The molecule has 0 saturated carbocycles. The largest absolute Gasteiger partial charge is 0.382 e. The maximum Gasteiger partial charge on any atom is 0.349 e. The summed E-state index contributed by atoms with van der Waals surface area (Å²) in [5.74, 6) is -0.369. The van der Waals surface area contributed by atoms with Crippen LogP contribution in [-0.4, -0.2) is 19.2 Å². The Morgan fingerprint density at radius 1 is 1.44 bits per heavy atom. The van der Waals surface area contributed by atoms with Gasteiger partial charge < -0.3 is 8.57 Å². The summed E-state index contributed by atoms with van der Waals surface area (Å²) in [6.07, 6.45) is 1.87. The maximum absolute atomic E-state index is 11.2. The van der Waals surface area contributed by atoms with E-state index in [4.69, 9.17) is 4.74 Å². The molecule has 0 radical (unpaired) electrons. The third-order valence-corrected chi connectivity index (χ3v) is 2.49. The number of halogens is 1. The molecule has 0 aliphatic carbocycles. The third kappa shape index (κ3) is 4.33. The van der Waals surface area contributed by atoms with Crippen LogP contribution >= 0.6 is 16.3 Å². The van der Waals surface area contributed by atoms with Crippen LogP contribution < -0.4 is 0 Å². The van der Waals surface area contributed by atoms with Gasteiger partial charge in [0.25, 0.3) is 0 Å². The van der Waals surface area contributed by atoms with Gasteiger partial charge in [-0.3, -0.25) is 0 Å². The zero-order valence-corrected chi connectivity index (χ0v) is 10.8. The molecule has 0 aliphatic heterocycles. The van der Waals surface area contributed by atoms with Gasteiger partial charge in [-0.2, -0.15) is 0 Å². The van der Waals surface area contributed by atoms with Crippen molar-refractivity contribution < 1.29 is 13.4 Å². The average Bonchev–Trinajstić information content (AvgIpc) is 2.34. The Kier molecular flexibility index (Phi) is 6.11. The summed E-state index contributed by atoms with van der Waals surface area (Å²) in [5.41, 5.74) is 1.68. The lowest BCUT2D eigenvalue weighted by molar-refractivity contribution is 0.0782. The van der Waals surface area contributed by atoms with Gasteiger partial charge in [-0.25, -0.2) is 4.79 Å². The van der Waals surface area contributed by atoms with Crippen molar-refractivity contribution in [2.45, 2.75) is 19.8 Å². The van der Waals surface area contributed by atoms with Crippen molar-refractivity contribution in [2.24, 2.45) is 0 Å². The van der Waals surface area contributed by atoms with Crippen LogP contribution in [0.4, 0.5) is 0 Å². The van der Waals surface area contributed by atoms with Crippen LogP contribution in [0.3, 0.4) is 0 Å². The number of benzene rings is 1. The first-order valence-electron chi connectivity index (χ1n) is 5.27. The average molecular weight is 287 g/mol. The number of hydrogen-bond acceptors (Lipinski definition) is 3. The highest BCUT2D eigenvalue weighted by atomic mass is 79.9. The molecule has 3 nitrogen and oxygen atoms in total. The monoisotopic (exact) mass is 286 g/mol. The summed E-state index contributed by atoms with van der Waals surface area (Å²) in [4.78, 5) is 11.2. The van der Waals surface area contributed by atoms with Gasteiger partial charge in [-0.1, -0.05) is 12.1 Å². The second-order valence-corrected chi connectivity index (χ2v) is 3.69. The molecule has 0 aliphatic rings. The van der Waals surface area contributed by atoms with Gasteiger partial charge in [0.15, 0.2) is 16.3 Å². The molecule has 1 rings (SSSR count). The zero-order chi connectivity index (χ0) is 11.8. The minimum absolute atomic E-state index is 0.369. The van der Waals surface area contributed by atoms with E-state index in [-0.39, 0.29) is 5.97 Å². The first kappa shape index (κ1) is 13.2. The summed E-state index contributed by atoms with van der Waals surface area (Å²) in [6, 6.07) is 7.43. The molecule has 0 saturated heterocycles. The lowest BCUT2D eigenvalue weighted by atomic mass is 10.1. The summed E-state index contributed by atoms with van der Waals surface area (Å²) in [5, 5.41) is 0. The number of hydrogen-bond donors (Lipinski definition) is 0. The minimum Gasteiger partial charge on any atom is -0.382 e. The first-order chi connectivity index (χ1) is 7.77. The molecule has 4 heteroatoms. The van der Waals surface area contributed by atoms with Crippen molar-refractivity contribution in [3.8, 4) is 0 Å². The Labute approximate surface area is 104 Å². The van der Waals surface area contributed by atoms with E-state index in [1.165, 1.54) is 0 Å². The Hall–Kier alpha value is -0.870. The summed E-state index contributed by atoms with van der Waals surface area (Å²) < 4.78 is 9.74. The van der Waals surface area contributed by atoms with E-state index in [0.717, 1.165) is 31.6 Å². The molecule has 0 atom stereocenters. The molecule has 0 fully saturated rings. The topological polar surface area (TPSA) is 35.5 Å². The van der Waals surface area contributed by atoms with E-state index >= 15 is 0 Å². The molecule has 16 heavy (non-hydrogen) atoms. The van der Waals surface area contributed by atoms with Crippen molar-refractivity contribution in [3.05, 3.63) is 35.4 Å². The van der Waals surface area contributed by atoms with Gasteiger partial charge in [-0.15, -0.1) is 0 Å². The van der Waals surface area contributed by atoms with Crippen LogP contribution in [0.5, 0.6) is 0 Å². The highest BCUT2D eigenvalue weighted by Crippen LogP contribution is 2.10. The SMILES string of the molecule is CCOCCCc1cccc(C(=O)OBr)c1. The van der Waals surface area contributed by atoms with Crippen molar-refractivity contribution in [2.75, 3.05) is 13.2 Å². The van der Waals surface area contributed by atoms with E-state index in [0.29, 0.717) is 5.56 Å². The summed E-state index contributed by atoms with van der Waals surface area (Å²) >= 11 is 2.68. The molecule has 0 amide bonds. The Bertz CT molecular complexity index is 339. The van der Waals surface area contributed by atoms with Gasteiger partial charge in [0.1, 0.15) is 0 Å². The normalized spacial score (nSPS) is 10.1. The number of carbonyl (C=O) groups is 1. The lowest BCUT2D eigenvalue weighted by Crippen LogP contribution is -2.00. The van der Waals surface area contributed by atoms with Crippen LogP contribution in [0.15, 0.2) is 24.3 Å². The van der Waals surface area contributed by atoms with Gasteiger partial charge in [-0.05, 0) is 37.5 Å². The van der Waals surface area contributed by atoms with Gasteiger partial charge >= 0.3 is 5.97 Å².